The molecule has 0 spiro atoms. The lowest BCUT2D eigenvalue weighted by atomic mass is 10.6. The highest BCUT2D eigenvalue weighted by Crippen LogP contribution is 1.65. The zero-order valence-electron chi connectivity index (χ0n) is 5.35. The van der Waals surface area contributed by atoms with Crippen LogP contribution in [0.1, 0.15) is 0 Å². The van der Waals surface area contributed by atoms with Gasteiger partial charge in [-0.05, 0) is 0 Å². The maximum atomic E-state index is 10.5. The van der Waals surface area contributed by atoms with Gasteiger partial charge in [-0.2, -0.15) is 0 Å². The molecule has 58 valence electrons. The molecule has 0 fully saturated rings. The monoisotopic (exact) mass is 182 g/mol. The third kappa shape index (κ3) is 2.85. The molecule has 0 aromatic carbocycles. The lowest BCUT2D eigenvalue weighted by Crippen LogP contribution is -2.13. The van der Waals surface area contributed by atoms with Crippen molar-refractivity contribution >= 4 is 24.8 Å². The molecule has 0 radical (unpaired) electrons. The fraction of sp³-hybridized carbons (Fsp3) is 0.200. The van der Waals surface area contributed by atoms with E-state index in [0.29, 0.717) is 0 Å². The van der Waals surface area contributed by atoms with Crippen molar-refractivity contribution in [1.82, 2.24) is 9.55 Å². The number of hydrogen-bond acceptors (Lipinski definition) is 2. The molecule has 0 aliphatic heterocycles. The number of nitrogens with zero attached hydrogens (tertiary/aromatic N) is 2. The molecule has 0 unspecified atom stereocenters. The third-order valence-electron chi connectivity index (χ3n) is 0.891. The van der Waals surface area contributed by atoms with E-state index in [2.05, 4.69) is 4.98 Å². The average Bonchev–Trinajstić information content (AvgIpc) is 1.77. The Morgan fingerprint density at radius 1 is 1.50 bits per heavy atom. The summed E-state index contributed by atoms with van der Waals surface area (Å²) in [7, 11) is 1.66. The van der Waals surface area contributed by atoms with Crippen LogP contribution in [0, 0.1) is 0 Å². The normalized spacial score (nSPS) is 7.30. The first-order valence-electron chi connectivity index (χ1n) is 2.27. The van der Waals surface area contributed by atoms with Crippen LogP contribution in [0.4, 0.5) is 0 Å². The molecule has 0 aliphatic rings. The predicted octanol–water partition coefficient (Wildman–Crippen LogP) is 0.624. The summed E-state index contributed by atoms with van der Waals surface area (Å²) in [5.41, 5.74) is -0.0278. The number of aromatic nitrogens is 2. The lowest BCUT2D eigenvalue weighted by Gasteiger charge is -1.88. The number of rotatable bonds is 0. The Labute approximate surface area is 70.9 Å². The van der Waals surface area contributed by atoms with Crippen LogP contribution in [-0.2, 0) is 7.05 Å². The molecule has 1 aromatic heterocycles. The van der Waals surface area contributed by atoms with Crippen LogP contribution < -0.4 is 5.56 Å². The van der Waals surface area contributed by atoms with Crippen molar-refractivity contribution in [3.8, 4) is 0 Å². The quantitative estimate of drug-likeness (QED) is 0.591. The lowest BCUT2D eigenvalue weighted by molar-refractivity contribution is 0.824. The van der Waals surface area contributed by atoms with Crippen molar-refractivity contribution in [3.63, 3.8) is 0 Å². The van der Waals surface area contributed by atoms with Gasteiger partial charge in [-0.3, -0.25) is 4.79 Å². The smallest absolute Gasteiger partial charge is 0.252 e. The molecular formula is C5H8Cl2N2O. The Bertz CT molecular complexity index is 235. The summed E-state index contributed by atoms with van der Waals surface area (Å²) in [4.78, 5) is 14.2. The molecular weight excluding hydrogens is 175 g/mol. The summed E-state index contributed by atoms with van der Waals surface area (Å²) >= 11 is 0. The maximum absolute atomic E-state index is 10.5. The van der Waals surface area contributed by atoms with Crippen molar-refractivity contribution in [2.45, 2.75) is 0 Å². The van der Waals surface area contributed by atoms with Crippen molar-refractivity contribution in [2.75, 3.05) is 0 Å². The Morgan fingerprint density at radius 2 is 2.10 bits per heavy atom. The van der Waals surface area contributed by atoms with Gasteiger partial charge in [0.25, 0.3) is 5.56 Å². The van der Waals surface area contributed by atoms with E-state index in [1.54, 1.807) is 7.05 Å². The number of aryl methyl sites for hydroxylation is 1. The van der Waals surface area contributed by atoms with E-state index in [1.165, 1.54) is 23.2 Å². The van der Waals surface area contributed by atoms with E-state index in [1.807, 2.05) is 0 Å². The summed E-state index contributed by atoms with van der Waals surface area (Å²) < 4.78 is 1.42. The molecule has 10 heavy (non-hydrogen) atoms. The average molecular weight is 183 g/mol. The Kier molecular flexibility index (Phi) is 6.40. The van der Waals surface area contributed by atoms with Gasteiger partial charge < -0.3 is 4.57 Å². The molecule has 1 heterocycles. The molecule has 1 rings (SSSR count). The van der Waals surface area contributed by atoms with Gasteiger partial charge in [0, 0.05) is 19.3 Å². The topological polar surface area (TPSA) is 34.9 Å². The zero-order chi connectivity index (χ0) is 5.98. The van der Waals surface area contributed by atoms with Crippen LogP contribution in [0.15, 0.2) is 23.4 Å². The Hall–Kier alpha value is -0.540. The summed E-state index contributed by atoms with van der Waals surface area (Å²) in [5.74, 6) is 0. The van der Waals surface area contributed by atoms with Crippen LogP contribution >= 0.6 is 24.8 Å². The summed E-state index contributed by atoms with van der Waals surface area (Å²) in [6.07, 6.45) is 2.95. The van der Waals surface area contributed by atoms with Crippen LogP contribution in [0.5, 0.6) is 0 Å². The van der Waals surface area contributed by atoms with Crippen LogP contribution in [0.2, 0.25) is 0 Å². The maximum Gasteiger partial charge on any atom is 0.252 e. The highest BCUT2D eigenvalue weighted by Gasteiger charge is 1.80. The van der Waals surface area contributed by atoms with Gasteiger partial charge in [-0.25, -0.2) is 4.98 Å². The Balaban J connectivity index is 0. The van der Waals surface area contributed by atoms with E-state index in [0.717, 1.165) is 0 Å². The first-order chi connectivity index (χ1) is 3.80. The van der Waals surface area contributed by atoms with Gasteiger partial charge in [-0.15, -0.1) is 24.8 Å². The largest absolute Gasteiger partial charge is 0.302 e. The molecule has 0 saturated heterocycles. The molecule has 5 heteroatoms. The van der Waals surface area contributed by atoms with Crippen LogP contribution in [0.25, 0.3) is 0 Å². The van der Waals surface area contributed by atoms with Crippen molar-refractivity contribution < 1.29 is 0 Å². The Morgan fingerprint density at radius 3 is 2.40 bits per heavy atom. The predicted molar refractivity (Wildman–Crippen MR) is 44.0 cm³/mol. The number of hydrogen-bond donors (Lipinski definition) is 0. The SMILES string of the molecule is Cl.Cl.Cn1cnccc1=O. The van der Waals surface area contributed by atoms with E-state index in [9.17, 15) is 4.79 Å². The molecule has 1 aromatic rings. The standard InChI is InChI=1S/C5H6N2O.2ClH/c1-7-4-6-3-2-5(7)8;;/h2-4H,1H3;2*1H. The highest BCUT2D eigenvalue weighted by molar-refractivity contribution is 5.85. The van der Waals surface area contributed by atoms with E-state index >= 15 is 0 Å². The van der Waals surface area contributed by atoms with Crippen LogP contribution in [-0.4, -0.2) is 9.55 Å². The zero-order valence-corrected chi connectivity index (χ0v) is 6.98. The van der Waals surface area contributed by atoms with E-state index in [4.69, 9.17) is 0 Å². The first kappa shape index (κ1) is 12.2. The second-order valence-corrected chi connectivity index (χ2v) is 1.53. The second-order valence-electron chi connectivity index (χ2n) is 1.53. The van der Waals surface area contributed by atoms with Gasteiger partial charge in [0.15, 0.2) is 0 Å². The molecule has 0 saturated carbocycles. The molecule has 3 nitrogen and oxygen atoms in total. The minimum absolute atomic E-state index is 0. The van der Waals surface area contributed by atoms with Gasteiger partial charge >= 0.3 is 0 Å². The molecule has 0 aliphatic carbocycles. The second kappa shape index (κ2) is 5.26. The number of halogens is 2. The van der Waals surface area contributed by atoms with E-state index in [-0.39, 0.29) is 30.4 Å². The highest BCUT2D eigenvalue weighted by atomic mass is 35.5. The summed E-state index contributed by atoms with van der Waals surface area (Å²) in [6.45, 7) is 0. The van der Waals surface area contributed by atoms with Gasteiger partial charge in [0.2, 0.25) is 0 Å². The fourth-order valence-electron chi connectivity index (χ4n) is 0.420. The third-order valence-corrected chi connectivity index (χ3v) is 0.891. The van der Waals surface area contributed by atoms with Gasteiger partial charge in [0.1, 0.15) is 0 Å². The molecule has 0 bridgehead atoms. The summed E-state index contributed by atoms with van der Waals surface area (Å²) in [5, 5.41) is 0. The van der Waals surface area contributed by atoms with E-state index < -0.39 is 0 Å². The summed E-state index contributed by atoms with van der Waals surface area (Å²) in [6, 6.07) is 1.42. The van der Waals surface area contributed by atoms with Gasteiger partial charge in [-0.1, -0.05) is 0 Å². The molecule has 0 atom stereocenters. The van der Waals surface area contributed by atoms with Crippen molar-refractivity contribution in [1.29, 1.82) is 0 Å². The fourth-order valence-corrected chi connectivity index (χ4v) is 0.420. The van der Waals surface area contributed by atoms with Crippen molar-refractivity contribution in [2.24, 2.45) is 7.05 Å². The minimum atomic E-state index is -0.0278. The van der Waals surface area contributed by atoms with Crippen molar-refractivity contribution in [3.05, 3.63) is 28.9 Å². The van der Waals surface area contributed by atoms with Crippen LogP contribution in [0.3, 0.4) is 0 Å². The molecule has 0 amide bonds. The minimum Gasteiger partial charge on any atom is -0.302 e. The first-order valence-corrected chi connectivity index (χ1v) is 2.27. The molecule has 0 N–H and O–H groups in total. The van der Waals surface area contributed by atoms with Gasteiger partial charge in [0.05, 0.1) is 6.33 Å².